The molecule has 0 aliphatic rings. The number of benzene rings is 2. The number of carbonyl (C=O) groups is 4. The van der Waals surface area contributed by atoms with Gasteiger partial charge in [0.25, 0.3) is 20.0 Å². The lowest BCUT2D eigenvalue weighted by molar-refractivity contribution is -0.135. The Hall–Kier alpha value is -9.01. The van der Waals surface area contributed by atoms with Gasteiger partial charge in [-0.3, -0.25) is 25.3 Å². The molecule has 4 amide bonds. The van der Waals surface area contributed by atoms with E-state index in [1.807, 2.05) is 20.8 Å². The quantitative estimate of drug-likeness (QED) is 0.0259. The van der Waals surface area contributed by atoms with Gasteiger partial charge in [0.2, 0.25) is 41.3 Å². The van der Waals surface area contributed by atoms with E-state index in [4.69, 9.17) is 68.3 Å². The first-order valence-corrected chi connectivity index (χ1v) is 31.0. The molecule has 490 valence electrons. The summed E-state index contributed by atoms with van der Waals surface area (Å²) in [6.45, 7) is -0.212. The second-order valence-electron chi connectivity index (χ2n) is 17.2. The van der Waals surface area contributed by atoms with E-state index in [0.29, 0.717) is 23.4 Å². The van der Waals surface area contributed by atoms with Crippen molar-refractivity contribution in [1.29, 1.82) is 0 Å². The Morgan fingerprint density at radius 3 is 1.76 bits per heavy atom. The van der Waals surface area contributed by atoms with E-state index in [1.165, 1.54) is 62.3 Å². The van der Waals surface area contributed by atoms with Gasteiger partial charge in [-0.2, -0.15) is 50.6 Å². The molecule has 0 fully saturated rings. The van der Waals surface area contributed by atoms with Crippen molar-refractivity contribution in [2.75, 3.05) is 50.0 Å². The number of rotatable bonds is 22. The Kier molecular flexibility index (Phi) is 27.6. The number of aromatic carboxylic acids is 1. The first kappa shape index (κ1) is 75.2. The molecule has 0 spiro atoms. The standard InChI is InChI=1S/C15H14Cl2N2O3.C14H10F4N4O7S.C14H17N5O7S2.C3H8NO5P/c1-5-6-21-12-8-11(9(16)7-10(12)17)19-14(20)22-13(18-19)15(2,3)4;15-11(16)28-8-5-9(29-12(17)18)20-13(19-8)21-14(25)22-30(26,27)7-4-2-1-3-6(7)10(23)24;1-4-27(21,22)9-6-5-7-15-12(9)28(23,24)19-14(20)18-13-16-10(25-2)8-11(17-13)26-3;5-3(6)1-4-2-10(7,8)9/h1,7-8H,6H2,2-4H3;1-5,11-12H,(H,23,24)(H2,19,20,21,22,25);5-8H,4H2,1-3H3,(H2,16,17,18,19,20);4H,1-2H2,(H,5,6)(H2,7,8,9). The molecular formula is C46H49Cl2F4N12O22PS3. The summed E-state index contributed by atoms with van der Waals surface area (Å²) in [5.41, 5.74) is -0.747. The van der Waals surface area contributed by atoms with Crippen LogP contribution in [0.25, 0.3) is 5.69 Å². The van der Waals surface area contributed by atoms with Crippen LogP contribution in [0.1, 0.15) is 43.9 Å². The first-order chi connectivity index (χ1) is 41.7. The number of hydrogen-bond donors (Lipinski definition) is 9. The molecule has 9 N–H and O–H groups in total. The summed E-state index contributed by atoms with van der Waals surface area (Å²) in [6, 6.07) is 8.66. The molecule has 44 heteroatoms. The van der Waals surface area contributed by atoms with Crippen molar-refractivity contribution in [2.24, 2.45) is 0 Å². The molecule has 0 saturated heterocycles. The first-order valence-electron chi connectivity index (χ1n) is 23.8. The summed E-state index contributed by atoms with van der Waals surface area (Å²) in [6.07, 6.45) is 5.65. The van der Waals surface area contributed by atoms with Gasteiger partial charge in [0.1, 0.15) is 22.1 Å². The minimum absolute atomic E-state index is 0.0434. The normalized spacial score (nSPS) is 11.4. The number of methoxy groups -OCH3 is 2. The van der Waals surface area contributed by atoms with E-state index in [1.54, 1.807) is 10.0 Å². The summed E-state index contributed by atoms with van der Waals surface area (Å²) < 4.78 is 165. The number of ether oxygens (including phenoxy) is 5. The highest BCUT2D eigenvalue weighted by Crippen LogP contribution is 2.34. The van der Waals surface area contributed by atoms with Crippen LogP contribution in [0.2, 0.25) is 10.0 Å². The van der Waals surface area contributed by atoms with Gasteiger partial charge in [0, 0.05) is 17.7 Å². The van der Waals surface area contributed by atoms with Crippen molar-refractivity contribution in [3.05, 3.63) is 98.9 Å². The molecule has 6 aromatic rings. The summed E-state index contributed by atoms with van der Waals surface area (Å²) >= 11 is 12.2. The zero-order valence-corrected chi connectivity index (χ0v) is 51.5. The molecule has 0 atom stereocenters. The number of alkyl halides is 4. The number of aromatic nitrogens is 7. The minimum atomic E-state index is -4.71. The SMILES string of the molecule is C#CCOc1cc(-n2nc(C(C)(C)C)oc2=O)c(Cl)cc1Cl.CCS(=O)(=O)c1cccnc1S(=O)(=O)NC(=O)Nc1nc(OC)cc(OC)n1.O=C(Nc1nc(OC(F)F)cc(OC(F)F)n1)NS(=O)(=O)c1ccccc1C(=O)O.O=C(O)CNCP(=O)(O)O. The number of hydrogen-bond acceptors (Lipinski definition) is 25. The van der Waals surface area contributed by atoms with Crippen molar-refractivity contribution in [3.8, 4) is 47.3 Å². The highest BCUT2D eigenvalue weighted by molar-refractivity contribution is 7.93. The average Bonchev–Trinajstić information content (AvgIpc) is 1.58. The zero-order chi connectivity index (χ0) is 68.1. The summed E-state index contributed by atoms with van der Waals surface area (Å²) in [5, 5.41) is 26.8. The summed E-state index contributed by atoms with van der Waals surface area (Å²) in [4.78, 5) is 89.8. The lowest BCUT2D eigenvalue weighted by atomic mass is 9.97. The number of nitrogens with zero attached hydrogens (tertiary/aromatic N) is 7. The predicted molar refractivity (Wildman–Crippen MR) is 302 cm³/mol. The summed E-state index contributed by atoms with van der Waals surface area (Å²) in [7, 11) is -14.7. The van der Waals surface area contributed by atoms with Crippen LogP contribution in [0.15, 0.2) is 90.9 Å². The molecule has 90 heavy (non-hydrogen) atoms. The Balaban J connectivity index is 0.000000330. The fraction of sp³-hybridized carbons (Fsp3) is 0.283. The van der Waals surface area contributed by atoms with Crippen LogP contribution in [0.5, 0.6) is 29.3 Å². The lowest BCUT2D eigenvalue weighted by Crippen LogP contribution is -2.36. The third-order valence-corrected chi connectivity index (χ3v) is 15.3. The maximum absolute atomic E-state index is 12.5. The maximum Gasteiger partial charge on any atom is 0.442 e. The number of halogens is 6. The molecule has 6 rings (SSSR count). The second kappa shape index (κ2) is 33.0. The average molecular weight is 1400 g/mol. The molecule has 0 unspecified atom stereocenters. The topological polar surface area (TPSA) is 487 Å². The Bertz CT molecular complexity index is 4020. The molecular weight excluding hydrogens is 1350 g/mol. The number of sulfone groups is 1. The van der Waals surface area contributed by atoms with Gasteiger partial charge in [0.05, 0.1) is 66.2 Å². The molecule has 4 aromatic heterocycles. The van der Waals surface area contributed by atoms with Gasteiger partial charge in [-0.15, -0.1) is 11.5 Å². The largest absolute Gasteiger partial charge is 0.481 e. The van der Waals surface area contributed by atoms with E-state index < -0.39 is 137 Å². The van der Waals surface area contributed by atoms with E-state index in [2.05, 4.69) is 56.0 Å². The van der Waals surface area contributed by atoms with Gasteiger partial charge in [-0.05, 0) is 30.3 Å². The fourth-order valence-corrected chi connectivity index (χ4v) is 10.4. The van der Waals surface area contributed by atoms with E-state index >= 15 is 0 Å². The van der Waals surface area contributed by atoms with E-state index in [-0.39, 0.29) is 40.1 Å². The Morgan fingerprint density at radius 1 is 0.778 bits per heavy atom. The molecule has 0 radical (unpaired) electrons. The Morgan fingerprint density at radius 2 is 1.29 bits per heavy atom. The van der Waals surface area contributed by atoms with Crippen LogP contribution in [-0.2, 0) is 44.7 Å². The van der Waals surface area contributed by atoms with Gasteiger partial charge >= 0.3 is 50.6 Å². The maximum atomic E-state index is 12.5. The number of amides is 4. The molecule has 4 heterocycles. The van der Waals surface area contributed by atoms with Crippen LogP contribution in [0.3, 0.4) is 0 Å². The van der Waals surface area contributed by atoms with Gasteiger partial charge < -0.3 is 48.1 Å². The van der Waals surface area contributed by atoms with Crippen molar-refractivity contribution in [2.45, 2.75) is 61.1 Å². The monoisotopic (exact) mass is 1390 g/mol. The number of nitrogens with one attached hydrogen (secondary N) is 5. The van der Waals surface area contributed by atoms with Crippen molar-refractivity contribution >= 4 is 96.6 Å². The zero-order valence-electron chi connectivity index (χ0n) is 46.6. The highest BCUT2D eigenvalue weighted by atomic mass is 35.5. The van der Waals surface area contributed by atoms with Gasteiger partial charge in [0.15, 0.2) is 14.9 Å². The third-order valence-electron chi connectivity index (χ3n) is 9.54. The van der Waals surface area contributed by atoms with Gasteiger partial charge in [-0.25, -0.2) is 50.4 Å². The van der Waals surface area contributed by atoms with Crippen LogP contribution >= 0.6 is 30.8 Å². The molecule has 0 bridgehead atoms. The number of carbonyl (C=O) groups excluding carboxylic acids is 2. The minimum Gasteiger partial charge on any atom is -0.481 e. The fourth-order valence-electron chi connectivity index (χ4n) is 5.83. The molecule has 2 aromatic carbocycles. The van der Waals surface area contributed by atoms with Crippen molar-refractivity contribution in [1.82, 2.24) is 49.5 Å². The number of pyridine rings is 1. The van der Waals surface area contributed by atoms with E-state index in [9.17, 15) is 71.4 Å². The molecule has 34 nitrogen and oxygen atoms in total. The number of carboxylic acids is 2. The van der Waals surface area contributed by atoms with Gasteiger partial charge in [-0.1, -0.05) is 68.9 Å². The number of terminal acetylenes is 1. The summed E-state index contributed by atoms with van der Waals surface area (Å²) in [5.74, 6) is -3.81. The molecule has 0 saturated carbocycles. The second-order valence-corrected chi connectivity index (χ2v) is 25.2. The smallest absolute Gasteiger partial charge is 0.442 e. The van der Waals surface area contributed by atoms with Crippen molar-refractivity contribution < 1.29 is 115 Å². The number of aliphatic carboxylic acids is 1. The third kappa shape index (κ3) is 24.2. The number of anilines is 2. The Labute approximate surface area is 515 Å². The molecule has 0 aliphatic heterocycles. The van der Waals surface area contributed by atoms with Crippen LogP contribution < -0.4 is 54.8 Å². The number of urea groups is 2. The van der Waals surface area contributed by atoms with Crippen LogP contribution in [-0.4, -0.2) is 157 Å². The molecule has 0 aliphatic carbocycles. The predicted octanol–water partition coefficient (Wildman–Crippen LogP) is 4.32. The van der Waals surface area contributed by atoms with Crippen LogP contribution in [0.4, 0.5) is 39.0 Å². The van der Waals surface area contributed by atoms with E-state index in [0.717, 1.165) is 29.1 Å². The highest BCUT2D eigenvalue weighted by Gasteiger charge is 2.30. The van der Waals surface area contributed by atoms with Crippen molar-refractivity contribution in [3.63, 3.8) is 0 Å². The number of sulfonamides is 2. The lowest BCUT2D eigenvalue weighted by Gasteiger charge is -2.11. The number of carboxylic acid groups (broad SMARTS) is 2. The van der Waals surface area contributed by atoms with Crippen LogP contribution in [0, 0.1) is 12.3 Å².